The van der Waals surface area contributed by atoms with Crippen LogP contribution in [0.1, 0.15) is 24.8 Å². The molecule has 1 aromatic heterocycles. The number of halogens is 1. The monoisotopic (exact) mass is 300 g/mol. The number of piperidine rings is 1. The quantitative estimate of drug-likeness (QED) is 0.920. The van der Waals surface area contributed by atoms with Crippen molar-refractivity contribution in [1.29, 1.82) is 0 Å². The van der Waals surface area contributed by atoms with Crippen LogP contribution in [-0.2, 0) is 6.42 Å². The summed E-state index contributed by atoms with van der Waals surface area (Å²) in [5.74, 6) is 1.65. The number of nitrogens with one attached hydrogen (secondary N) is 1. The summed E-state index contributed by atoms with van der Waals surface area (Å²) in [5, 5.41) is 3.32. The second-order valence-corrected chi connectivity index (χ2v) is 5.61. The summed E-state index contributed by atoms with van der Waals surface area (Å²) in [6.07, 6.45) is 6.23. The predicted molar refractivity (Wildman–Crippen MR) is 86.7 cm³/mol. The lowest BCUT2D eigenvalue weighted by atomic mass is 10.1. The van der Waals surface area contributed by atoms with E-state index in [0.717, 1.165) is 43.3 Å². The van der Waals surface area contributed by atoms with Crippen LogP contribution < -0.4 is 10.2 Å². The van der Waals surface area contributed by atoms with Crippen LogP contribution in [0.2, 0.25) is 0 Å². The van der Waals surface area contributed by atoms with Crippen LogP contribution in [0.25, 0.3) is 0 Å². The van der Waals surface area contributed by atoms with E-state index < -0.39 is 0 Å². The van der Waals surface area contributed by atoms with E-state index in [1.807, 2.05) is 18.2 Å². The third-order valence-electron chi connectivity index (χ3n) is 3.97. The van der Waals surface area contributed by atoms with Gasteiger partial charge in [-0.15, -0.1) is 0 Å². The summed E-state index contributed by atoms with van der Waals surface area (Å²) in [7, 11) is 0. The minimum Gasteiger partial charge on any atom is -0.370 e. The summed E-state index contributed by atoms with van der Waals surface area (Å²) >= 11 is 0. The van der Waals surface area contributed by atoms with Crippen LogP contribution in [0.15, 0.2) is 36.7 Å². The highest BCUT2D eigenvalue weighted by atomic mass is 19.1. The third kappa shape index (κ3) is 3.93. The van der Waals surface area contributed by atoms with Crippen molar-refractivity contribution in [3.05, 3.63) is 48.0 Å². The van der Waals surface area contributed by atoms with Crippen molar-refractivity contribution in [3.8, 4) is 0 Å². The average Bonchev–Trinajstić information content (AvgIpc) is 2.58. The molecule has 0 spiro atoms. The largest absolute Gasteiger partial charge is 0.370 e. The Balaban J connectivity index is 1.55. The van der Waals surface area contributed by atoms with E-state index in [4.69, 9.17) is 0 Å². The van der Waals surface area contributed by atoms with E-state index in [-0.39, 0.29) is 5.82 Å². The Morgan fingerprint density at radius 2 is 1.82 bits per heavy atom. The predicted octanol–water partition coefficient (Wildman–Crippen LogP) is 3.26. The van der Waals surface area contributed by atoms with Gasteiger partial charge in [0.05, 0.1) is 0 Å². The Labute approximate surface area is 130 Å². The summed E-state index contributed by atoms with van der Waals surface area (Å²) in [6.45, 7) is 2.92. The topological polar surface area (TPSA) is 41.0 Å². The molecule has 0 radical (unpaired) electrons. The fourth-order valence-corrected chi connectivity index (χ4v) is 2.73. The van der Waals surface area contributed by atoms with Gasteiger partial charge in [-0.25, -0.2) is 14.4 Å². The van der Waals surface area contributed by atoms with Gasteiger partial charge in [0.25, 0.3) is 0 Å². The van der Waals surface area contributed by atoms with E-state index >= 15 is 0 Å². The molecule has 5 heteroatoms. The molecule has 1 aliphatic heterocycles. The Morgan fingerprint density at radius 1 is 1.05 bits per heavy atom. The van der Waals surface area contributed by atoms with Crippen molar-refractivity contribution in [1.82, 2.24) is 9.97 Å². The molecule has 0 bridgehead atoms. The molecule has 1 aromatic carbocycles. The highest BCUT2D eigenvalue weighted by Crippen LogP contribution is 2.19. The van der Waals surface area contributed by atoms with E-state index in [0.29, 0.717) is 0 Å². The molecule has 1 aliphatic rings. The lowest BCUT2D eigenvalue weighted by Crippen LogP contribution is -2.30. The second-order valence-electron chi connectivity index (χ2n) is 5.61. The van der Waals surface area contributed by atoms with Gasteiger partial charge in [-0.3, -0.25) is 0 Å². The van der Waals surface area contributed by atoms with Crippen molar-refractivity contribution >= 4 is 11.6 Å². The summed E-state index contributed by atoms with van der Waals surface area (Å²) < 4.78 is 12.9. The van der Waals surface area contributed by atoms with Gasteiger partial charge in [0.15, 0.2) is 0 Å². The van der Waals surface area contributed by atoms with Crippen molar-refractivity contribution in [3.63, 3.8) is 0 Å². The molecule has 1 N–H and O–H groups in total. The maximum Gasteiger partial charge on any atom is 0.134 e. The van der Waals surface area contributed by atoms with Crippen molar-refractivity contribution in [2.75, 3.05) is 29.9 Å². The average molecular weight is 300 g/mol. The molecule has 22 heavy (non-hydrogen) atoms. The van der Waals surface area contributed by atoms with E-state index in [1.54, 1.807) is 6.33 Å². The normalized spacial score (nSPS) is 14.9. The third-order valence-corrected chi connectivity index (χ3v) is 3.97. The Morgan fingerprint density at radius 3 is 2.59 bits per heavy atom. The fourth-order valence-electron chi connectivity index (χ4n) is 2.73. The SMILES string of the molecule is Fc1ccc(CCNc2cc(N3CCCCC3)ncn2)cc1. The summed E-state index contributed by atoms with van der Waals surface area (Å²) in [5.41, 5.74) is 1.11. The minimum atomic E-state index is -0.196. The molecular formula is C17H21FN4. The van der Waals surface area contributed by atoms with Crippen molar-refractivity contribution in [2.45, 2.75) is 25.7 Å². The Kier molecular flexibility index (Phi) is 4.83. The van der Waals surface area contributed by atoms with Gasteiger partial charge in [0.1, 0.15) is 23.8 Å². The standard InChI is InChI=1S/C17H21FN4/c18-15-6-4-14(5-7-15)8-9-19-16-12-17(21-13-20-16)22-10-2-1-3-11-22/h4-7,12-13H,1-3,8-11H2,(H,19,20,21). The number of aromatic nitrogens is 2. The maximum atomic E-state index is 12.9. The summed E-state index contributed by atoms with van der Waals surface area (Å²) in [4.78, 5) is 11.0. The van der Waals surface area contributed by atoms with Gasteiger partial charge in [-0.1, -0.05) is 12.1 Å². The first-order valence-corrected chi connectivity index (χ1v) is 7.86. The molecule has 0 aliphatic carbocycles. The number of nitrogens with zero attached hydrogens (tertiary/aromatic N) is 3. The molecule has 116 valence electrons. The molecular weight excluding hydrogens is 279 g/mol. The first-order valence-electron chi connectivity index (χ1n) is 7.86. The van der Waals surface area contributed by atoms with Crippen LogP contribution in [0.5, 0.6) is 0 Å². The zero-order valence-electron chi connectivity index (χ0n) is 12.6. The number of hydrogen-bond acceptors (Lipinski definition) is 4. The smallest absolute Gasteiger partial charge is 0.134 e. The fraction of sp³-hybridized carbons (Fsp3) is 0.412. The second kappa shape index (κ2) is 7.20. The highest BCUT2D eigenvalue weighted by Gasteiger charge is 2.12. The van der Waals surface area contributed by atoms with Crippen molar-refractivity contribution < 1.29 is 4.39 Å². The van der Waals surface area contributed by atoms with E-state index in [9.17, 15) is 4.39 Å². The molecule has 3 rings (SSSR count). The molecule has 0 atom stereocenters. The van der Waals surface area contributed by atoms with Crippen molar-refractivity contribution in [2.24, 2.45) is 0 Å². The summed E-state index contributed by atoms with van der Waals surface area (Å²) in [6, 6.07) is 8.63. The number of rotatable bonds is 5. The first kappa shape index (κ1) is 14.8. The van der Waals surface area contributed by atoms with Gasteiger partial charge in [0.2, 0.25) is 0 Å². The van der Waals surface area contributed by atoms with Gasteiger partial charge in [-0.05, 0) is 43.4 Å². The highest BCUT2D eigenvalue weighted by molar-refractivity contribution is 5.48. The van der Waals surface area contributed by atoms with Crippen LogP contribution >= 0.6 is 0 Å². The Hall–Kier alpha value is -2.17. The molecule has 0 unspecified atom stereocenters. The van der Waals surface area contributed by atoms with Gasteiger partial charge >= 0.3 is 0 Å². The zero-order chi connectivity index (χ0) is 15.2. The zero-order valence-corrected chi connectivity index (χ0v) is 12.6. The van der Waals surface area contributed by atoms with Crippen LogP contribution in [0, 0.1) is 5.82 Å². The molecule has 2 heterocycles. The lowest BCUT2D eigenvalue weighted by molar-refractivity contribution is 0.573. The van der Waals surface area contributed by atoms with E-state index in [1.165, 1.54) is 31.4 Å². The molecule has 1 fully saturated rings. The van der Waals surface area contributed by atoms with E-state index in [2.05, 4.69) is 20.2 Å². The lowest BCUT2D eigenvalue weighted by Gasteiger charge is -2.27. The van der Waals surface area contributed by atoms with Gasteiger partial charge < -0.3 is 10.2 Å². The molecule has 1 saturated heterocycles. The van der Waals surface area contributed by atoms with Crippen LogP contribution in [0.4, 0.5) is 16.0 Å². The molecule has 0 amide bonds. The molecule has 4 nitrogen and oxygen atoms in total. The number of anilines is 2. The molecule has 0 saturated carbocycles. The number of hydrogen-bond donors (Lipinski definition) is 1. The van der Waals surface area contributed by atoms with Gasteiger partial charge in [-0.2, -0.15) is 0 Å². The van der Waals surface area contributed by atoms with Crippen LogP contribution in [-0.4, -0.2) is 29.6 Å². The minimum absolute atomic E-state index is 0.196. The van der Waals surface area contributed by atoms with Crippen LogP contribution in [0.3, 0.4) is 0 Å². The molecule has 2 aromatic rings. The maximum absolute atomic E-state index is 12.9. The first-order chi connectivity index (χ1) is 10.8. The van der Waals surface area contributed by atoms with Gasteiger partial charge in [0, 0.05) is 25.7 Å². The Bertz CT molecular complexity index is 594. The number of benzene rings is 1.